The van der Waals surface area contributed by atoms with Crippen LogP contribution in [0.3, 0.4) is 0 Å². The topological polar surface area (TPSA) is 46.2 Å². The molecule has 1 aliphatic heterocycles. The molecule has 1 fully saturated rings. The number of ether oxygens (including phenoxy) is 1. The van der Waals surface area contributed by atoms with E-state index in [4.69, 9.17) is 28.6 Å². The predicted molar refractivity (Wildman–Crippen MR) is 106 cm³/mol. The molecule has 1 saturated heterocycles. The molecule has 0 radical (unpaired) electrons. The van der Waals surface area contributed by atoms with Crippen LogP contribution in [-0.4, -0.2) is 29.9 Å². The van der Waals surface area contributed by atoms with Crippen molar-refractivity contribution in [3.8, 4) is 0 Å². The highest BCUT2D eigenvalue weighted by atomic mass is 35.5. The Bertz CT molecular complexity index is 733. The second kappa shape index (κ2) is 8.13. The molecule has 0 atom stereocenters. The Kier molecular flexibility index (Phi) is 5.89. The lowest BCUT2D eigenvalue weighted by atomic mass is 9.74. The molecule has 0 aliphatic carbocycles. The van der Waals surface area contributed by atoms with Crippen LogP contribution in [0.25, 0.3) is 0 Å². The van der Waals surface area contributed by atoms with Crippen LogP contribution in [0, 0.1) is 6.92 Å². The van der Waals surface area contributed by atoms with Gasteiger partial charge in [-0.15, -0.1) is 0 Å². The number of aryl methyl sites for hydroxylation is 1. The smallest absolute Gasteiger partial charge is 0.171 e. The van der Waals surface area contributed by atoms with E-state index in [-0.39, 0.29) is 5.41 Å². The zero-order valence-corrected chi connectivity index (χ0v) is 15.8. The van der Waals surface area contributed by atoms with Crippen LogP contribution in [0.15, 0.2) is 42.6 Å². The monoisotopic (exact) mass is 375 g/mol. The van der Waals surface area contributed by atoms with Gasteiger partial charge in [0.1, 0.15) is 5.82 Å². The summed E-state index contributed by atoms with van der Waals surface area (Å²) in [5, 5.41) is 7.72. The molecule has 25 heavy (non-hydrogen) atoms. The number of rotatable bonds is 4. The number of benzene rings is 1. The standard InChI is InChI=1S/C19H22ClN3OS/c1-14-11-17(21-12-16(14)20)23-18(25)22-13-19(7-9-24-10-8-19)15-5-3-2-4-6-15/h2-6,11-12H,7-10,13H2,1H3,(H2,21,22,23,25). The average molecular weight is 376 g/mol. The van der Waals surface area contributed by atoms with Crippen LogP contribution < -0.4 is 10.6 Å². The fourth-order valence-electron chi connectivity index (χ4n) is 3.14. The summed E-state index contributed by atoms with van der Waals surface area (Å²) in [6.45, 7) is 4.25. The molecule has 0 saturated carbocycles. The SMILES string of the molecule is Cc1cc(NC(=S)NCC2(c3ccccc3)CCOCC2)ncc1Cl. The molecule has 1 aliphatic rings. The van der Waals surface area contributed by atoms with E-state index >= 15 is 0 Å². The predicted octanol–water partition coefficient (Wildman–Crippen LogP) is 4.08. The molecule has 0 bridgehead atoms. The van der Waals surface area contributed by atoms with Gasteiger partial charge in [0, 0.05) is 31.4 Å². The van der Waals surface area contributed by atoms with Gasteiger partial charge in [0.25, 0.3) is 0 Å². The lowest BCUT2D eigenvalue weighted by Crippen LogP contribution is -2.45. The third-order valence-electron chi connectivity index (χ3n) is 4.71. The molecule has 1 aromatic carbocycles. The quantitative estimate of drug-likeness (QED) is 0.788. The van der Waals surface area contributed by atoms with Crippen LogP contribution >= 0.6 is 23.8 Å². The second-order valence-corrected chi connectivity index (χ2v) is 7.20. The molecule has 0 unspecified atom stereocenters. The Morgan fingerprint density at radius 2 is 2.00 bits per heavy atom. The van der Waals surface area contributed by atoms with Crippen molar-refractivity contribution in [3.63, 3.8) is 0 Å². The molecule has 0 amide bonds. The number of anilines is 1. The average Bonchev–Trinajstić information content (AvgIpc) is 2.65. The fourth-order valence-corrected chi connectivity index (χ4v) is 3.42. The van der Waals surface area contributed by atoms with E-state index in [1.807, 2.05) is 19.1 Å². The third-order valence-corrected chi connectivity index (χ3v) is 5.35. The first-order chi connectivity index (χ1) is 12.1. The number of hydrogen-bond acceptors (Lipinski definition) is 3. The summed E-state index contributed by atoms with van der Waals surface area (Å²) in [6.07, 6.45) is 3.58. The summed E-state index contributed by atoms with van der Waals surface area (Å²) in [7, 11) is 0. The van der Waals surface area contributed by atoms with E-state index in [2.05, 4.69) is 39.9 Å². The van der Waals surface area contributed by atoms with Gasteiger partial charge in [-0.3, -0.25) is 0 Å². The van der Waals surface area contributed by atoms with Gasteiger partial charge in [0.15, 0.2) is 5.11 Å². The molecule has 3 rings (SSSR count). The Balaban J connectivity index is 1.66. The van der Waals surface area contributed by atoms with E-state index in [0.717, 1.165) is 38.2 Å². The van der Waals surface area contributed by atoms with Gasteiger partial charge >= 0.3 is 0 Å². The summed E-state index contributed by atoms with van der Waals surface area (Å²) in [5.41, 5.74) is 2.33. The highest BCUT2D eigenvalue weighted by molar-refractivity contribution is 7.80. The minimum atomic E-state index is 0.0363. The van der Waals surface area contributed by atoms with Gasteiger partial charge in [-0.1, -0.05) is 41.9 Å². The molecule has 1 aromatic heterocycles. The lowest BCUT2D eigenvalue weighted by molar-refractivity contribution is 0.0515. The van der Waals surface area contributed by atoms with Crippen LogP contribution in [-0.2, 0) is 10.2 Å². The minimum Gasteiger partial charge on any atom is -0.381 e. The highest BCUT2D eigenvalue weighted by Gasteiger charge is 2.34. The summed E-state index contributed by atoms with van der Waals surface area (Å²) in [4.78, 5) is 4.26. The summed E-state index contributed by atoms with van der Waals surface area (Å²) >= 11 is 11.5. The fraction of sp³-hybridized carbons (Fsp3) is 0.368. The molecule has 2 heterocycles. The van der Waals surface area contributed by atoms with E-state index in [1.54, 1.807) is 6.20 Å². The Morgan fingerprint density at radius 3 is 2.68 bits per heavy atom. The maximum Gasteiger partial charge on any atom is 0.171 e. The number of pyridine rings is 1. The lowest BCUT2D eigenvalue weighted by Gasteiger charge is -2.38. The van der Waals surface area contributed by atoms with Crippen molar-refractivity contribution in [2.75, 3.05) is 25.1 Å². The molecule has 0 spiro atoms. The van der Waals surface area contributed by atoms with Gasteiger partial charge in [0.05, 0.1) is 5.02 Å². The molecule has 2 aromatic rings. The molecule has 132 valence electrons. The number of thiocarbonyl (C=S) groups is 1. The number of nitrogens with one attached hydrogen (secondary N) is 2. The van der Waals surface area contributed by atoms with Crippen molar-refractivity contribution >= 4 is 34.7 Å². The largest absolute Gasteiger partial charge is 0.381 e. The van der Waals surface area contributed by atoms with Gasteiger partial charge < -0.3 is 15.4 Å². The normalized spacial score (nSPS) is 16.2. The maximum absolute atomic E-state index is 6.02. The first kappa shape index (κ1) is 18.1. The van der Waals surface area contributed by atoms with Crippen molar-refractivity contribution in [1.82, 2.24) is 10.3 Å². The van der Waals surface area contributed by atoms with Crippen molar-refractivity contribution in [3.05, 3.63) is 58.7 Å². The summed E-state index contributed by atoms with van der Waals surface area (Å²) in [6, 6.07) is 12.5. The van der Waals surface area contributed by atoms with Gasteiger partial charge in [-0.2, -0.15) is 0 Å². The second-order valence-electron chi connectivity index (χ2n) is 6.39. The third kappa shape index (κ3) is 4.48. The number of nitrogens with zero attached hydrogens (tertiary/aromatic N) is 1. The molecule has 6 heteroatoms. The van der Waals surface area contributed by atoms with Gasteiger partial charge in [-0.25, -0.2) is 4.98 Å². The molecular weight excluding hydrogens is 354 g/mol. The van der Waals surface area contributed by atoms with Gasteiger partial charge in [-0.05, 0) is 49.2 Å². The summed E-state index contributed by atoms with van der Waals surface area (Å²) < 4.78 is 5.57. The van der Waals surface area contributed by atoms with Gasteiger partial charge in [0.2, 0.25) is 0 Å². The zero-order chi connectivity index (χ0) is 17.7. The summed E-state index contributed by atoms with van der Waals surface area (Å²) in [5.74, 6) is 0.695. The number of halogens is 1. The highest BCUT2D eigenvalue weighted by Crippen LogP contribution is 2.34. The Labute approximate surface area is 158 Å². The maximum atomic E-state index is 6.02. The molecule has 4 nitrogen and oxygen atoms in total. The first-order valence-corrected chi connectivity index (χ1v) is 9.18. The van der Waals surface area contributed by atoms with Crippen molar-refractivity contribution < 1.29 is 4.74 Å². The van der Waals surface area contributed by atoms with Crippen LogP contribution in [0.1, 0.15) is 24.0 Å². The van der Waals surface area contributed by atoms with Crippen LogP contribution in [0.5, 0.6) is 0 Å². The van der Waals surface area contributed by atoms with E-state index < -0.39 is 0 Å². The zero-order valence-electron chi connectivity index (χ0n) is 14.2. The minimum absolute atomic E-state index is 0.0363. The van der Waals surface area contributed by atoms with Crippen molar-refractivity contribution in [2.24, 2.45) is 0 Å². The van der Waals surface area contributed by atoms with Crippen molar-refractivity contribution in [2.45, 2.75) is 25.2 Å². The Hall–Kier alpha value is -1.69. The molecule has 2 N–H and O–H groups in total. The number of hydrogen-bond donors (Lipinski definition) is 2. The Morgan fingerprint density at radius 1 is 1.28 bits per heavy atom. The molecular formula is C19H22ClN3OS. The number of aromatic nitrogens is 1. The van der Waals surface area contributed by atoms with Crippen LogP contribution in [0.2, 0.25) is 5.02 Å². The first-order valence-electron chi connectivity index (χ1n) is 8.39. The van der Waals surface area contributed by atoms with E-state index in [1.165, 1.54) is 5.56 Å². The van der Waals surface area contributed by atoms with Crippen LogP contribution in [0.4, 0.5) is 5.82 Å². The van der Waals surface area contributed by atoms with Crippen molar-refractivity contribution in [1.29, 1.82) is 0 Å². The van der Waals surface area contributed by atoms with E-state index in [0.29, 0.717) is 16.0 Å². The van der Waals surface area contributed by atoms with E-state index in [9.17, 15) is 0 Å².